The molecule has 0 spiro atoms. The zero-order valence-electron chi connectivity index (χ0n) is 16.4. The van der Waals surface area contributed by atoms with Crippen LogP contribution in [0.15, 0.2) is 52.2 Å². The summed E-state index contributed by atoms with van der Waals surface area (Å²) in [4.78, 5) is 23.6. The first-order chi connectivity index (χ1) is 14.4. The molecule has 30 heavy (non-hydrogen) atoms. The van der Waals surface area contributed by atoms with Gasteiger partial charge in [-0.3, -0.25) is 14.2 Å². The third kappa shape index (κ3) is 5.87. The first-order valence-corrected chi connectivity index (χ1v) is 10.7. The predicted octanol–water partition coefficient (Wildman–Crippen LogP) is 2.96. The molecule has 0 aliphatic rings. The van der Waals surface area contributed by atoms with E-state index in [9.17, 15) is 9.59 Å². The van der Waals surface area contributed by atoms with E-state index in [1.165, 1.54) is 11.8 Å². The molecule has 2 aromatic heterocycles. The first kappa shape index (κ1) is 21.9. The van der Waals surface area contributed by atoms with Gasteiger partial charge < -0.3 is 15.5 Å². The maximum Gasteiger partial charge on any atom is 0.230 e. The minimum atomic E-state index is -0.412. The SMILES string of the molecule is CC(NC(=O)CSc1nnc(CCC(N)=O)n1Cc1ccco1)c1ccccc1Cl. The molecule has 0 saturated carbocycles. The molecule has 3 rings (SSSR count). The number of nitrogens with zero attached hydrogens (tertiary/aromatic N) is 3. The number of aromatic nitrogens is 3. The van der Waals surface area contributed by atoms with E-state index in [1.807, 2.05) is 35.8 Å². The maximum atomic E-state index is 12.4. The largest absolute Gasteiger partial charge is 0.467 e. The van der Waals surface area contributed by atoms with Gasteiger partial charge in [-0.25, -0.2) is 0 Å². The van der Waals surface area contributed by atoms with Gasteiger partial charge in [-0.2, -0.15) is 0 Å². The highest BCUT2D eigenvalue weighted by atomic mass is 35.5. The number of furan rings is 1. The molecule has 0 saturated heterocycles. The molecule has 1 unspecified atom stereocenters. The second-order valence-electron chi connectivity index (χ2n) is 6.63. The Hall–Kier alpha value is -2.78. The van der Waals surface area contributed by atoms with Gasteiger partial charge in [0.2, 0.25) is 11.8 Å². The molecule has 158 valence electrons. The van der Waals surface area contributed by atoms with Crippen LogP contribution in [-0.2, 0) is 22.6 Å². The topological polar surface area (TPSA) is 116 Å². The van der Waals surface area contributed by atoms with Crippen LogP contribution in [0, 0.1) is 0 Å². The van der Waals surface area contributed by atoms with Crippen LogP contribution < -0.4 is 11.1 Å². The number of nitrogens with one attached hydrogen (secondary N) is 1. The van der Waals surface area contributed by atoms with Crippen molar-refractivity contribution in [2.75, 3.05) is 5.75 Å². The molecular formula is C20H22ClN5O3S. The summed E-state index contributed by atoms with van der Waals surface area (Å²) < 4.78 is 7.24. The minimum absolute atomic E-state index is 0.154. The zero-order valence-corrected chi connectivity index (χ0v) is 17.9. The molecule has 0 bridgehead atoms. The fraction of sp³-hybridized carbons (Fsp3) is 0.300. The summed E-state index contributed by atoms with van der Waals surface area (Å²) in [6.07, 6.45) is 2.11. The highest BCUT2D eigenvalue weighted by molar-refractivity contribution is 7.99. The summed E-state index contributed by atoms with van der Waals surface area (Å²) in [6.45, 7) is 2.28. The van der Waals surface area contributed by atoms with Crippen molar-refractivity contribution in [3.63, 3.8) is 0 Å². The van der Waals surface area contributed by atoms with Crippen molar-refractivity contribution in [1.29, 1.82) is 0 Å². The Morgan fingerprint density at radius 3 is 2.77 bits per heavy atom. The lowest BCUT2D eigenvalue weighted by Gasteiger charge is -2.15. The summed E-state index contributed by atoms with van der Waals surface area (Å²) in [5.41, 5.74) is 6.11. The van der Waals surface area contributed by atoms with Gasteiger partial charge >= 0.3 is 0 Å². The summed E-state index contributed by atoms with van der Waals surface area (Å²) in [5.74, 6) is 0.913. The van der Waals surface area contributed by atoms with Crippen LogP contribution in [0.3, 0.4) is 0 Å². The highest BCUT2D eigenvalue weighted by Crippen LogP contribution is 2.23. The third-order valence-corrected chi connectivity index (χ3v) is 5.68. The second-order valence-corrected chi connectivity index (χ2v) is 7.98. The summed E-state index contributed by atoms with van der Waals surface area (Å²) >= 11 is 7.46. The first-order valence-electron chi connectivity index (χ1n) is 9.33. The van der Waals surface area contributed by atoms with Crippen LogP contribution in [-0.4, -0.2) is 32.3 Å². The summed E-state index contributed by atoms with van der Waals surface area (Å²) in [6, 6.07) is 10.8. The third-order valence-electron chi connectivity index (χ3n) is 4.36. The van der Waals surface area contributed by atoms with Gasteiger partial charge in [0, 0.05) is 17.9 Å². The van der Waals surface area contributed by atoms with Gasteiger partial charge in [-0.1, -0.05) is 41.6 Å². The number of halogens is 1. The number of aryl methyl sites for hydroxylation is 1. The molecule has 2 heterocycles. The smallest absolute Gasteiger partial charge is 0.230 e. The number of nitrogens with two attached hydrogens (primary N) is 1. The van der Waals surface area contributed by atoms with Gasteiger partial charge in [0.05, 0.1) is 24.6 Å². The molecule has 3 aromatic rings. The average molecular weight is 448 g/mol. The fourth-order valence-electron chi connectivity index (χ4n) is 2.88. The van der Waals surface area contributed by atoms with Gasteiger partial charge in [0.1, 0.15) is 11.6 Å². The standard InChI is InChI=1S/C20H22ClN5O3S/c1-13(15-6-2-3-7-16(15)21)23-19(28)12-30-20-25-24-18(9-8-17(22)27)26(20)11-14-5-4-10-29-14/h2-7,10,13H,8-9,11-12H2,1H3,(H2,22,27)(H,23,28). The van der Waals surface area contributed by atoms with E-state index >= 15 is 0 Å². The van der Waals surface area contributed by atoms with Crippen molar-refractivity contribution in [2.24, 2.45) is 5.73 Å². The van der Waals surface area contributed by atoms with Crippen LogP contribution in [0.4, 0.5) is 0 Å². The number of hydrogen-bond acceptors (Lipinski definition) is 6. The van der Waals surface area contributed by atoms with Crippen molar-refractivity contribution in [3.8, 4) is 0 Å². The van der Waals surface area contributed by atoms with Crippen LogP contribution in [0.5, 0.6) is 0 Å². The lowest BCUT2D eigenvalue weighted by atomic mass is 10.1. The molecule has 0 fully saturated rings. The number of rotatable bonds is 10. The van der Waals surface area contributed by atoms with Crippen molar-refractivity contribution in [3.05, 3.63) is 64.8 Å². The Morgan fingerprint density at radius 1 is 1.27 bits per heavy atom. The van der Waals surface area contributed by atoms with Gasteiger partial charge in [-0.05, 0) is 30.7 Å². The number of benzene rings is 1. The lowest BCUT2D eigenvalue weighted by molar-refractivity contribution is -0.119. The minimum Gasteiger partial charge on any atom is -0.467 e. The highest BCUT2D eigenvalue weighted by Gasteiger charge is 2.17. The monoisotopic (exact) mass is 447 g/mol. The predicted molar refractivity (Wildman–Crippen MR) is 114 cm³/mol. The number of primary amides is 1. The maximum absolute atomic E-state index is 12.4. The average Bonchev–Trinajstić information content (AvgIpc) is 3.35. The van der Waals surface area contributed by atoms with E-state index in [2.05, 4.69) is 15.5 Å². The van der Waals surface area contributed by atoms with Crippen molar-refractivity contribution >= 4 is 35.2 Å². The fourth-order valence-corrected chi connectivity index (χ4v) is 3.95. The zero-order chi connectivity index (χ0) is 21.5. The molecule has 2 amide bonds. The number of hydrogen-bond donors (Lipinski definition) is 2. The summed E-state index contributed by atoms with van der Waals surface area (Å²) in [5, 5.41) is 12.4. The lowest BCUT2D eigenvalue weighted by Crippen LogP contribution is -2.28. The Balaban J connectivity index is 1.65. The van der Waals surface area contributed by atoms with E-state index in [0.717, 1.165) is 5.56 Å². The molecule has 0 aliphatic heterocycles. The molecule has 1 aromatic carbocycles. The Labute approximate surface area is 183 Å². The van der Waals surface area contributed by atoms with Crippen LogP contribution >= 0.6 is 23.4 Å². The molecule has 8 nitrogen and oxygen atoms in total. The number of carbonyl (C=O) groups is 2. The molecule has 0 aliphatic carbocycles. The van der Waals surface area contributed by atoms with Crippen LogP contribution in [0.25, 0.3) is 0 Å². The van der Waals surface area contributed by atoms with Gasteiger partial charge in [0.25, 0.3) is 0 Å². The van der Waals surface area contributed by atoms with Crippen molar-refractivity contribution in [2.45, 2.75) is 37.5 Å². The van der Waals surface area contributed by atoms with E-state index < -0.39 is 5.91 Å². The quantitative estimate of drug-likeness (QED) is 0.461. The Kier molecular flexibility index (Phi) is 7.53. The molecule has 0 radical (unpaired) electrons. The second kappa shape index (κ2) is 10.3. The summed E-state index contributed by atoms with van der Waals surface area (Å²) in [7, 11) is 0. The number of amides is 2. The molecule has 1 atom stereocenters. The molecular weight excluding hydrogens is 426 g/mol. The van der Waals surface area contributed by atoms with Gasteiger partial charge in [-0.15, -0.1) is 10.2 Å². The molecule has 3 N–H and O–H groups in total. The number of thioether (sulfide) groups is 1. The Bertz CT molecular complexity index is 1010. The van der Waals surface area contributed by atoms with E-state index in [0.29, 0.717) is 34.7 Å². The van der Waals surface area contributed by atoms with Crippen LogP contribution in [0.1, 0.15) is 36.5 Å². The van der Waals surface area contributed by atoms with Crippen LogP contribution in [0.2, 0.25) is 5.02 Å². The van der Waals surface area contributed by atoms with E-state index in [4.69, 9.17) is 21.8 Å². The van der Waals surface area contributed by atoms with E-state index in [-0.39, 0.29) is 24.1 Å². The van der Waals surface area contributed by atoms with E-state index in [1.54, 1.807) is 18.4 Å². The van der Waals surface area contributed by atoms with Crippen molar-refractivity contribution < 1.29 is 14.0 Å². The van der Waals surface area contributed by atoms with Crippen molar-refractivity contribution in [1.82, 2.24) is 20.1 Å². The number of carbonyl (C=O) groups excluding carboxylic acids is 2. The molecule has 10 heteroatoms. The van der Waals surface area contributed by atoms with Gasteiger partial charge in [0.15, 0.2) is 5.16 Å². The Morgan fingerprint density at radius 2 is 2.07 bits per heavy atom. The normalized spacial score (nSPS) is 11.9.